The molecule has 1 fully saturated rings. The van der Waals surface area contributed by atoms with Crippen LogP contribution in [-0.4, -0.2) is 42.8 Å². The summed E-state index contributed by atoms with van der Waals surface area (Å²) in [7, 11) is 0. The van der Waals surface area contributed by atoms with E-state index in [1.165, 1.54) is 0 Å². The Morgan fingerprint density at radius 3 is 3.00 bits per heavy atom. The zero-order valence-corrected chi connectivity index (χ0v) is 11.8. The predicted molar refractivity (Wildman–Crippen MR) is 72.8 cm³/mol. The third kappa shape index (κ3) is 2.85. The van der Waals surface area contributed by atoms with Crippen LogP contribution in [0.5, 0.6) is 0 Å². The fourth-order valence-electron chi connectivity index (χ4n) is 1.89. The van der Waals surface area contributed by atoms with E-state index < -0.39 is 0 Å². The minimum absolute atomic E-state index is 0.0582. The average molecular weight is 271 g/mol. The summed E-state index contributed by atoms with van der Waals surface area (Å²) in [5.41, 5.74) is 0.665. The van der Waals surface area contributed by atoms with Crippen LogP contribution in [0.2, 0.25) is 0 Å². The Bertz CT molecular complexity index is 394. The molecule has 1 aromatic rings. The summed E-state index contributed by atoms with van der Waals surface area (Å²) in [4.78, 5) is 12.4. The van der Waals surface area contributed by atoms with Crippen LogP contribution in [0.3, 0.4) is 0 Å². The van der Waals surface area contributed by atoms with Gasteiger partial charge in [-0.05, 0) is 6.42 Å². The van der Waals surface area contributed by atoms with Crippen molar-refractivity contribution in [2.75, 3.05) is 11.5 Å². The molecule has 1 aromatic heterocycles. The number of hydrogen-bond donors (Lipinski definition) is 0. The lowest BCUT2D eigenvalue weighted by atomic mass is 10.1. The monoisotopic (exact) mass is 271 g/mol. The van der Waals surface area contributed by atoms with Gasteiger partial charge in [-0.15, -0.1) is 16.9 Å². The summed E-state index contributed by atoms with van der Waals surface area (Å²) in [6.07, 6.45) is 2.57. The summed E-state index contributed by atoms with van der Waals surface area (Å²) in [6, 6.07) is 0. The predicted octanol–water partition coefficient (Wildman–Crippen LogP) is 2.11. The molecule has 17 heavy (non-hydrogen) atoms. The van der Waals surface area contributed by atoms with Crippen molar-refractivity contribution in [2.24, 2.45) is 0 Å². The zero-order chi connectivity index (χ0) is 12.3. The Morgan fingerprint density at radius 1 is 1.53 bits per heavy atom. The van der Waals surface area contributed by atoms with Gasteiger partial charge in [0.1, 0.15) is 5.69 Å². The summed E-state index contributed by atoms with van der Waals surface area (Å²) < 4.78 is 1.73. The molecular formula is C11H17N3OS2. The first-order valence-electron chi connectivity index (χ1n) is 5.90. The van der Waals surface area contributed by atoms with Crippen LogP contribution in [0.15, 0.2) is 6.20 Å². The highest BCUT2D eigenvalue weighted by Gasteiger charge is 2.31. The minimum atomic E-state index is 0.0582. The molecular weight excluding hydrogens is 254 g/mol. The molecule has 1 aliphatic rings. The van der Waals surface area contributed by atoms with Gasteiger partial charge in [0.2, 0.25) is 0 Å². The Morgan fingerprint density at radius 2 is 2.29 bits per heavy atom. The zero-order valence-electron chi connectivity index (χ0n) is 10.1. The van der Waals surface area contributed by atoms with Crippen LogP contribution in [0.4, 0.5) is 0 Å². The quantitative estimate of drug-likeness (QED) is 0.785. The normalized spacial score (nSPS) is 24.8. The Balaban J connectivity index is 2.15. The molecule has 1 aliphatic heterocycles. The van der Waals surface area contributed by atoms with E-state index in [4.69, 9.17) is 0 Å². The third-order valence-corrected chi connectivity index (χ3v) is 5.84. The van der Waals surface area contributed by atoms with Crippen molar-refractivity contribution in [1.82, 2.24) is 15.0 Å². The molecule has 2 unspecified atom stereocenters. The van der Waals surface area contributed by atoms with Crippen LogP contribution in [-0.2, 0) is 6.54 Å². The van der Waals surface area contributed by atoms with E-state index in [2.05, 4.69) is 24.2 Å². The lowest BCUT2D eigenvalue weighted by Gasteiger charge is -2.26. The number of hydrogen-bond acceptors (Lipinski definition) is 5. The highest BCUT2D eigenvalue weighted by Crippen LogP contribution is 2.32. The number of aromatic nitrogens is 3. The second kappa shape index (κ2) is 5.91. The second-order valence-electron chi connectivity index (χ2n) is 4.07. The van der Waals surface area contributed by atoms with Crippen LogP contribution < -0.4 is 0 Å². The molecule has 0 aliphatic carbocycles. The molecule has 6 heteroatoms. The number of thioether (sulfide) groups is 2. The van der Waals surface area contributed by atoms with E-state index in [0.29, 0.717) is 10.9 Å². The second-order valence-corrected chi connectivity index (χ2v) is 6.81. The van der Waals surface area contributed by atoms with Crippen molar-refractivity contribution in [2.45, 2.75) is 37.3 Å². The molecule has 94 valence electrons. The van der Waals surface area contributed by atoms with Gasteiger partial charge < -0.3 is 0 Å². The highest BCUT2D eigenvalue weighted by molar-refractivity contribution is 8.07. The van der Waals surface area contributed by atoms with E-state index >= 15 is 0 Å². The van der Waals surface area contributed by atoms with Gasteiger partial charge in [0.25, 0.3) is 0 Å². The van der Waals surface area contributed by atoms with Gasteiger partial charge in [0, 0.05) is 23.3 Å². The summed E-state index contributed by atoms with van der Waals surface area (Å²) >= 11 is 3.64. The largest absolute Gasteiger partial charge is 0.291 e. The SMILES string of the molecule is CCCn1nncc1C(=O)C1SCCSC1C. The molecule has 0 saturated carbocycles. The van der Waals surface area contributed by atoms with Crippen molar-refractivity contribution in [3.63, 3.8) is 0 Å². The van der Waals surface area contributed by atoms with E-state index in [-0.39, 0.29) is 11.0 Å². The Kier molecular flexibility index (Phi) is 4.50. The van der Waals surface area contributed by atoms with Crippen LogP contribution in [0.1, 0.15) is 30.8 Å². The Labute approximate surface area is 110 Å². The number of carbonyl (C=O) groups is 1. The fraction of sp³-hybridized carbons (Fsp3) is 0.727. The van der Waals surface area contributed by atoms with Crippen LogP contribution in [0.25, 0.3) is 0 Å². The van der Waals surface area contributed by atoms with Crippen LogP contribution in [0, 0.1) is 0 Å². The van der Waals surface area contributed by atoms with E-state index in [1.807, 2.05) is 11.8 Å². The molecule has 2 rings (SSSR count). The lowest BCUT2D eigenvalue weighted by Crippen LogP contribution is -2.32. The summed E-state index contributed by atoms with van der Waals surface area (Å²) in [5, 5.41) is 8.27. The van der Waals surface area contributed by atoms with Gasteiger partial charge in [-0.1, -0.05) is 19.1 Å². The van der Waals surface area contributed by atoms with Gasteiger partial charge >= 0.3 is 0 Å². The topological polar surface area (TPSA) is 47.8 Å². The van der Waals surface area contributed by atoms with E-state index in [1.54, 1.807) is 22.6 Å². The Hall–Kier alpha value is -0.490. The van der Waals surface area contributed by atoms with Gasteiger partial charge in [0.05, 0.1) is 11.4 Å². The first kappa shape index (κ1) is 13.0. The van der Waals surface area contributed by atoms with Crippen molar-refractivity contribution >= 4 is 29.3 Å². The molecule has 2 heterocycles. The molecule has 2 atom stereocenters. The lowest BCUT2D eigenvalue weighted by molar-refractivity contribution is 0.0979. The standard InChI is InChI=1S/C11H17N3OS2/c1-3-4-14-9(7-12-13-14)10(15)11-8(2)16-5-6-17-11/h7-8,11H,3-6H2,1-2H3. The summed E-state index contributed by atoms with van der Waals surface area (Å²) in [6.45, 7) is 4.97. The van der Waals surface area contributed by atoms with E-state index in [0.717, 1.165) is 24.5 Å². The van der Waals surface area contributed by atoms with Crippen molar-refractivity contribution in [3.05, 3.63) is 11.9 Å². The molecule has 0 bridgehead atoms. The average Bonchev–Trinajstić information content (AvgIpc) is 2.78. The van der Waals surface area contributed by atoms with Crippen LogP contribution >= 0.6 is 23.5 Å². The van der Waals surface area contributed by atoms with Gasteiger partial charge in [0.15, 0.2) is 5.78 Å². The number of nitrogens with zero attached hydrogens (tertiary/aromatic N) is 3. The number of rotatable bonds is 4. The minimum Gasteiger partial charge on any atom is -0.291 e. The molecule has 0 amide bonds. The number of Topliss-reactive ketones (excluding diaryl/α,β-unsaturated/α-hetero) is 1. The molecule has 1 saturated heterocycles. The number of ketones is 1. The van der Waals surface area contributed by atoms with Gasteiger partial charge in [-0.3, -0.25) is 4.79 Å². The first-order chi connectivity index (χ1) is 8.24. The number of aryl methyl sites for hydroxylation is 1. The fourth-order valence-corrected chi connectivity index (χ4v) is 4.60. The van der Waals surface area contributed by atoms with Crippen molar-refractivity contribution in [1.29, 1.82) is 0 Å². The first-order valence-corrected chi connectivity index (χ1v) is 7.99. The molecule has 0 N–H and O–H groups in total. The van der Waals surface area contributed by atoms with E-state index in [9.17, 15) is 4.79 Å². The smallest absolute Gasteiger partial charge is 0.196 e. The highest BCUT2D eigenvalue weighted by atomic mass is 32.2. The maximum atomic E-state index is 12.4. The molecule has 4 nitrogen and oxygen atoms in total. The molecule has 0 spiro atoms. The third-order valence-electron chi connectivity index (χ3n) is 2.75. The number of carbonyl (C=O) groups excluding carboxylic acids is 1. The molecule has 0 radical (unpaired) electrons. The van der Waals surface area contributed by atoms with Gasteiger partial charge in [-0.25, -0.2) is 4.68 Å². The van der Waals surface area contributed by atoms with Crippen molar-refractivity contribution in [3.8, 4) is 0 Å². The molecule has 0 aromatic carbocycles. The maximum Gasteiger partial charge on any atom is 0.196 e. The van der Waals surface area contributed by atoms with Gasteiger partial charge in [-0.2, -0.15) is 11.8 Å². The maximum absolute atomic E-state index is 12.4. The summed E-state index contributed by atoms with van der Waals surface area (Å²) in [5.74, 6) is 2.39. The van der Waals surface area contributed by atoms with Crippen molar-refractivity contribution < 1.29 is 4.79 Å².